The summed E-state index contributed by atoms with van der Waals surface area (Å²) >= 11 is 7.08. The Bertz CT molecular complexity index is 929. The Morgan fingerprint density at radius 3 is 2.43 bits per heavy atom. The Morgan fingerprint density at radius 1 is 1.20 bits per heavy atom. The summed E-state index contributed by atoms with van der Waals surface area (Å²) in [5, 5.41) is 4.41. The maximum Gasteiger partial charge on any atom is 0.271 e. The number of hydrogen-bond donors (Lipinski definition) is 1. The van der Waals surface area contributed by atoms with Crippen LogP contribution in [0.1, 0.15) is 61.5 Å². The van der Waals surface area contributed by atoms with E-state index in [9.17, 15) is 4.79 Å². The molecule has 6 heteroatoms. The molecule has 1 unspecified atom stereocenters. The van der Waals surface area contributed by atoms with Gasteiger partial charge in [-0.1, -0.05) is 32.9 Å². The van der Waals surface area contributed by atoms with Crippen molar-refractivity contribution in [3.63, 3.8) is 0 Å². The fourth-order valence-corrected chi connectivity index (χ4v) is 5.77. The molecule has 0 spiro atoms. The van der Waals surface area contributed by atoms with Gasteiger partial charge in [0, 0.05) is 11.3 Å². The van der Waals surface area contributed by atoms with Gasteiger partial charge in [-0.05, 0) is 105 Å². The van der Waals surface area contributed by atoms with Gasteiger partial charge in [0.2, 0.25) is 0 Å². The SMILES string of the molecule is Cc1cc(Br)c(OCc2ccc(C(=O)N/N=C3\CC(C)CC(C)(C)C3)cc2)c(Br)c1. The van der Waals surface area contributed by atoms with Gasteiger partial charge in [0.05, 0.1) is 8.95 Å². The van der Waals surface area contributed by atoms with Crippen LogP contribution in [0.25, 0.3) is 0 Å². The first kappa shape index (κ1) is 23.0. The number of carbonyl (C=O) groups excluding carboxylic acids is 1. The molecule has 1 amide bonds. The van der Waals surface area contributed by atoms with Crippen LogP contribution in [0, 0.1) is 18.3 Å². The summed E-state index contributed by atoms with van der Waals surface area (Å²) in [6.45, 7) is 9.21. The molecule has 0 aliphatic heterocycles. The molecule has 0 saturated heterocycles. The third kappa shape index (κ3) is 6.17. The number of halogens is 2. The van der Waals surface area contributed by atoms with E-state index in [2.05, 4.69) is 63.2 Å². The van der Waals surface area contributed by atoms with Crippen molar-refractivity contribution < 1.29 is 9.53 Å². The summed E-state index contributed by atoms with van der Waals surface area (Å²) in [6.07, 6.45) is 3.07. The zero-order valence-corrected chi connectivity index (χ0v) is 21.1. The van der Waals surface area contributed by atoms with E-state index in [0.29, 0.717) is 18.1 Å². The largest absolute Gasteiger partial charge is 0.487 e. The topological polar surface area (TPSA) is 50.7 Å². The number of nitrogens with one attached hydrogen (secondary N) is 1. The highest BCUT2D eigenvalue weighted by Gasteiger charge is 2.29. The number of aryl methyl sites for hydroxylation is 1. The Labute approximate surface area is 195 Å². The van der Waals surface area contributed by atoms with Crippen molar-refractivity contribution in [2.45, 2.75) is 53.6 Å². The van der Waals surface area contributed by atoms with Gasteiger partial charge in [0.25, 0.3) is 5.91 Å². The summed E-state index contributed by atoms with van der Waals surface area (Å²) in [5.74, 6) is 1.18. The van der Waals surface area contributed by atoms with Crippen molar-refractivity contribution in [2.24, 2.45) is 16.4 Å². The summed E-state index contributed by atoms with van der Waals surface area (Å²) in [5.41, 5.74) is 6.76. The molecule has 160 valence electrons. The molecular weight excluding hydrogens is 508 g/mol. The zero-order valence-electron chi connectivity index (χ0n) is 17.9. The van der Waals surface area contributed by atoms with Gasteiger partial charge in [0.15, 0.2) is 0 Å². The molecule has 1 aliphatic rings. The van der Waals surface area contributed by atoms with Crippen molar-refractivity contribution in [3.05, 3.63) is 62.0 Å². The number of ether oxygens (including phenoxy) is 1. The van der Waals surface area contributed by atoms with Crippen LogP contribution in [0.15, 0.2) is 50.4 Å². The molecule has 3 rings (SSSR count). The summed E-state index contributed by atoms with van der Waals surface area (Å²) in [7, 11) is 0. The van der Waals surface area contributed by atoms with Crippen molar-refractivity contribution in [2.75, 3.05) is 0 Å². The normalized spacial score (nSPS) is 19.5. The van der Waals surface area contributed by atoms with E-state index in [1.807, 2.05) is 31.2 Å². The van der Waals surface area contributed by atoms with Crippen LogP contribution in [0.3, 0.4) is 0 Å². The molecule has 2 aromatic carbocycles. The third-order valence-electron chi connectivity index (χ3n) is 5.23. The third-order valence-corrected chi connectivity index (χ3v) is 6.40. The zero-order chi connectivity index (χ0) is 21.9. The van der Waals surface area contributed by atoms with E-state index < -0.39 is 0 Å². The van der Waals surface area contributed by atoms with Crippen molar-refractivity contribution in [3.8, 4) is 5.75 Å². The van der Waals surface area contributed by atoms with E-state index in [-0.39, 0.29) is 11.3 Å². The molecule has 1 aliphatic carbocycles. The van der Waals surface area contributed by atoms with Crippen LogP contribution in [0.5, 0.6) is 5.75 Å². The van der Waals surface area contributed by atoms with E-state index in [0.717, 1.165) is 44.4 Å². The number of rotatable bonds is 5. The molecule has 2 aromatic rings. The molecule has 0 radical (unpaired) electrons. The summed E-state index contributed by atoms with van der Waals surface area (Å²) in [4.78, 5) is 12.5. The van der Waals surface area contributed by atoms with Gasteiger partial charge >= 0.3 is 0 Å². The second-order valence-electron chi connectivity index (χ2n) is 9.02. The highest BCUT2D eigenvalue weighted by molar-refractivity contribution is 9.11. The van der Waals surface area contributed by atoms with Gasteiger partial charge < -0.3 is 4.74 Å². The minimum Gasteiger partial charge on any atom is -0.487 e. The van der Waals surface area contributed by atoms with Crippen LogP contribution >= 0.6 is 31.9 Å². The van der Waals surface area contributed by atoms with E-state index in [1.165, 1.54) is 6.42 Å². The molecule has 1 saturated carbocycles. The number of amides is 1. The van der Waals surface area contributed by atoms with Gasteiger partial charge in [-0.25, -0.2) is 5.43 Å². The van der Waals surface area contributed by atoms with Gasteiger partial charge in [-0.3, -0.25) is 4.79 Å². The first-order valence-electron chi connectivity index (χ1n) is 10.2. The quantitative estimate of drug-likeness (QED) is 0.418. The first-order valence-corrected chi connectivity index (χ1v) is 11.7. The highest BCUT2D eigenvalue weighted by atomic mass is 79.9. The molecular formula is C24H28Br2N2O2. The lowest BCUT2D eigenvalue weighted by Crippen LogP contribution is -2.30. The monoisotopic (exact) mass is 534 g/mol. The van der Waals surface area contributed by atoms with Gasteiger partial charge in [0.1, 0.15) is 12.4 Å². The smallest absolute Gasteiger partial charge is 0.271 e. The molecule has 1 atom stereocenters. The molecule has 1 N–H and O–H groups in total. The number of benzene rings is 2. The molecule has 30 heavy (non-hydrogen) atoms. The van der Waals surface area contributed by atoms with Crippen LogP contribution in [0.4, 0.5) is 0 Å². The maximum absolute atomic E-state index is 12.5. The average molecular weight is 536 g/mol. The lowest BCUT2D eigenvalue weighted by atomic mass is 9.72. The highest BCUT2D eigenvalue weighted by Crippen LogP contribution is 2.37. The lowest BCUT2D eigenvalue weighted by Gasteiger charge is -2.34. The van der Waals surface area contributed by atoms with E-state index in [1.54, 1.807) is 12.1 Å². The fourth-order valence-electron chi connectivity index (χ4n) is 4.13. The number of carbonyl (C=O) groups is 1. The minimum atomic E-state index is -0.185. The fraction of sp³-hybridized carbons (Fsp3) is 0.417. The van der Waals surface area contributed by atoms with Crippen LogP contribution in [-0.2, 0) is 6.61 Å². The van der Waals surface area contributed by atoms with Crippen molar-refractivity contribution in [1.29, 1.82) is 0 Å². The van der Waals surface area contributed by atoms with Crippen molar-refractivity contribution in [1.82, 2.24) is 5.43 Å². The van der Waals surface area contributed by atoms with Crippen LogP contribution < -0.4 is 10.2 Å². The second-order valence-corrected chi connectivity index (χ2v) is 10.7. The molecule has 0 aromatic heterocycles. The Hall–Kier alpha value is -1.66. The Morgan fingerprint density at radius 2 is 1.83 bits per heavy atom. The maximum atomic E-state index is 12.5. The average Bonchev–Trinajstić information content (AvgIpc) is 2.64. The minimum absolute atomic E-state index is 0.185. The van der Waals surface area contributed by atoms with Gasteiger partial charge in [-0.2, -0.15) is 5.10 Å². The first-order chi connectivity index (χ1) is 14.1. The Kier molecular flexibility index (Phi) is 7.40. The molecule has 4 nitrogen and oxygen atoms in total. The Balaban J connectivity index is 1.59. The van der Waals surface area contributed by atoms with Crippen molar-refractivity contribution >= 4 is 43.5 Å². The number of hydrazone groups is 1. The van der Waals surface area contributed by atoms with Gasteiger partial charge in [-0.15, -0.1) is 0 Å². The van der Waals surface area contributed by atoms with E-state index in [4.69, 9.17) is 4.74 Å². The molecule has 0 bridgehead atoms. The van der Waals surface area contributed by atoms with Crippen LogP contribution in [0.2, 0.25) is 0 Å². The van der Waals surface area contributed by atoms with Crippen LogP contribution in [-0.4, -0.2) is 11.6 Å². The number of nitrogens with zero attached hydrogens (tertiary/aromatic N) is 1. The second kappa shape index (κ2) is 9.65. The molecule has 0 heterocycles. The summed E-state index contributed by atoms with van der Waals surface area (Å²) < 4.78 is 7.76. The molecule has 1 fully saturated rings. The number of hydrogen-bond acceptors (Lipinski definition) is 3. The predicted octanol–water partition coefficient (Wildman–Crippen LogP) is 7.03. The standard InChI is InChI=1S/C24H28Br2N2O2/c1-15-10-20(25)22(21(26)11-15)30-14-17-5-7-18(8-6-17)23(29)28-27-19-9-16(2)12-24(3,4)13-19/h5-8,10-11,16H,9,12-14H2,1-4H3,(H,28,29)/b27-19+. The van der Waals surface area contributed by atoms with E-state index >= 15 is 0 Å². The summed E-state index contributed by atoms with van der Waals surface area (Å²) in [6, 6.07) is 11.5. The predicted molar refractivity (Wildman–Crippen MR) is 129 cm³/mol. The lowest BCUT2D eigenvalue weighted by molar-refractivity contribution is 0.0954.